The van der Waals surface area contributed by atoms with Gasteiger partial charge in [-0.05, 0) is 17.7 Å². The Morgan fingerprint density at radius 1 is 1.61 bits per heavy atom. The molecule has 4 nitrogen and oxygen atoms in total. The number of carbonyl (C=O) groups excluding carboxylic acids is 2. The highest BCUT2D eigenvalue weighted by atomic mass is 35.5. The molecule has 2 rings (SSSR count). The molecule has 0 spiro atoms. The average Bonchev–Trinajstić information content (AvgIpc) is 2.84. The fourth-order valence-corrected chi connectivity index (χ4v) is 1.90. The van der Waals surface area contributed by atoms with Gasteiger partial charge in [-0.2, -0.15) is 0 Å². The Labute approximate surface area is 108 Å². The van der Waals surface area contributed by atoms with Gasteiger partial charge in [-0.3, -0.25) is 14.9 Å². The average molecular weight is 272 g/mol. The van der Waals surface area contributed by atoms with E-state index >= 15 is 0 Å². The third kappa shape index (κ3) is 2.43. The molecule has 18 heavy (non-hydrogen) atoms. The lowest BCUT2D eigenvalue weighted by atomic mass is 10.0. The van der Waals surface area contributed by atoms with E-state index in [-0.39, 0.29) is 11.4 Å². The van der Waals surface area contributed by atoms with Crippen molar-refractivity contribution < 1.29 is 18.7 Å². The van der Waals surface area contributed by atoms with Gasteiger partial charge in [-0.25, -0.2) is 4.39 Å². The topological polar surface area (TPSA) is 55.4 Å². The lowest BCUT2D eigenvalue weighted by molar-refractivity contribution is -0.147. The summed E-state index contributed by atoms with van der Waals surface area (Å²) in [5, 5.41) is 2.70. The molecule has 0 saturated carbocycles. The summed E-state index contributed by atoms with van der Waals surface area (Å²) in [6, 6.07) is 4.08. The molecule has 1 aromatic carbocycles. The molecule has 1 aliphatic rings. The number of hydrogen-bond donors (Lipinski definition) is 1. The molecule has 1 heterocycles. The van der Waals surface area contributed by atoms with E-state index in [4.69, 9.17) is 16.3 Å². The van der Waals surface area contributed by atoms with Crippen LogP contribution in [0.4, 0.5) is 4.39 Å². The van der Waals surface area contributed by atoms with Crippen LogP contribution in [0.2, 0.25) is 5.02 Å². The van der Waals surface area contributed by atoms with Crippen molar-refractivity contribution in [1.82, 2.24) is 5.32 Å². The number of Topliss-reactive ketones (excluding diaryl/α,β-unsaturated/α-hetero) is 1. The van der Waals surface area contributed by atoms with E-state index in [0.717, 1.165) is 0 Å². The summed E-state index contributed by atoms with van der Waals surface area (Å²) in [6.45, 7) is 0.721. The van der Waals surface area contributed by atoms with Crippen molar-refractivity contribution in [2.75, 3.05) is 13.2 Å². The van der Waals surface area contributed by atoms with Crippen LogP contribution in [0.5, 0.6) is 0 Å². The van der Waals surface area contributed by atoms with E-state index in [0.29, 0.717) is 25.0 Å². The molecule has 1 atom stereocenters. The van der Waals surface area contributed by atoms with Gasteiger partial charge in [-0.1, -0.05) is 17.7 Å². The van der Waals surface area contributed by atoms with Crippen molar-refractivity contribution in [2.45, 2.75) is 12.1 Å². The highest BCUT2D eigenvalue weighted by Gasteiger charge is 2.41. The molecule has 1 N–H and O–H groups in total. The van der Waals surface area contributed by atoms with E-state index < -0.39 is 17.3 Å². The van der Waals surface area contributed by atoms with Crippen molar-refractivity contribution in [1.29, 1.82) is 0 Å². The van der Waals surface area contributed by atoms with Crippen LogP contribution in [0, 0.1) is 5.82 Å². The summed E-state index contributed by atoms with van der Waals surface area (Å²) in [4.78, 5) is 23.0. The van der Waals surface area contributed by atoms with Gasteiger partial charge in [0.25, 0.3) is 0 Å². The zero-order valence-electron chi connectivity index (χ0n) is 9.41. The van der Waals surface area contributed by atoms with Gasteiger partial charge in [-0.15, -0.1) is 0 Å². The predicted molar refractivity (Wildman–Crippen MR) is 62.9 cm³/mol. The SMILES string of the molecule is O=CC1(C(=O)Cc2ccc(Cl)c(F)c2)NCCO1. The summed E-state index contributed by atoms with van der Waals surface area (Å²) in [5.41, 5.74) is -1.14. The maximum Gasteiger partial charge on any atom is 0.236 e. The van der Waals surface area contributed by atoms with Gasteiger partial charge in [0.1, 0.15) is 5.82 Å². The van der Waals surface area contributed by atoms with Crippen LogP contribution in [0.15, 0.2) is 18.2 Å². The Kier molecular flexibility index (Phi) is 3.75. The number of ether oxygens (including phenoxy) is 1. The molecule has 0 bridgehead atoms. The second-order valence-electron chi connectivity index (χ2n) is 3.98. The maximum atomic E-state index is 13.2. The fourth-order valence-electron chi connectivity index (χ4n) is 1.79. The molecule has 96 valence electrons. The first-order valence-electron chi connectivity index (χ1n) is 5.40. The first-order chi connectivity index (χ1) is 8.57. The zero-order chi connectivity index (χ0) is 13.2. The van der Waals surface area contributed by atoms with Gasteiger partial charge in [0.15, 0.2) is 12.1 Å². The van der Waals surface area contributed by atoms with Gasteiger partial charge >= 0.3 is 0 Å². The van der Waals surface area contributed by atoms with Crippen LogP contribution < -0.4 is 5.32 Å². The molecule has 0 amide bonds. The quantitative estimate of drug-likeness (QED) is 0.658. The molecule has 1 saturated heterocycles. The zero-order valence-corrected chi connectivity index (χ0v) is 10.2. The van der Waals surface area contributed by atoms with E-state index in [1.165, 1.54) is 18.2 Å². The highest BCUT2D eigenvalue weighted by Crippen LogP contribution is 2.19. The first kappa shape index (κ1) is 13.1. The number of rotatable bonds is 4. The van der Waals surface area contributed by atoms with Crippen LogP contribution >= 0.6 is 11.6 Å². The summed E-state index contributed by atoms with van der Waals surface area (Å²) in [7, 11) is 0. The van der Waals surface area contributed by atoms with Crippen LogP contribution in [0.3, 0.4) is 0 Å². The third-order valence-corrected chi connectivity index (χ3v) is 3.05. The molecule has 1 aliphatic heterocycles. The molecule has 0 aromatic heterocycles. The summed E-state index contributed by atoms with van der Waals surface area (Å²) >= 11 is 5.55. The Morgan fingerprint density at radius 2 is 2.39 bits per heavy atom. The number of ketones is 1. The van der Waals surface area contributed by atoms with Crippen LogP contribution in [-0.4, -0.2) is 30.9 Å². The predicted octanol–water partition coefficient (Wildman–Crippen LogP) is 1.11. The molecular formula is C12H11ClFNO3. The monoisotopic (exact) mass is 271 g/mol. The Morgan fingerprint density at radius 3 is 2.94 bits per heavy atom. The third-order valence-electron chi connectivity index (χ3n) is 2.75. The van der Waals surface area contributed by atoms with Crippen molar-refractivity contribution in [3.05, 3.63) is 34.6 Å². The number of benzene rings is 1. The van der Waals surface area contributed by atoms with Crippen LogP contribution in [0.1, 0.15) is 5.56 Å². The molecule has 1 fully saturated rings. The summed E-state index contributed by atoms with van der Waals surface area (Å²) < 4.78 is 18.4. The van der Waals surface area contributed by atoms with E-state index in [1.54, 1.807) is 0 Å². The van der Waals surface area contributed by atoms with Crippen LogP contribution in [-0.2, 0) is 20.7 Å². The lowest BCUT2D eigenvalue weighted by Gasteiger charge is -2.20. The van der Waals surface area contributed by atoms with Gasteiger partial charge in [0, 0.05) is 13.0 Å². The Hall–Kier alpha value is -1.30. The van der Waals surface area contributed by atoms with Crippen molar-refractivity contribution in [3.63, 3.8) is 0 Å². The van der Waals surface area contributed by atoms with Crippen molar-refractivity contribution in [2.24, 2.45) is 0 Å². The standard InChI is InChI=1S/C12H11ClFNO3/c13-9-2-1-8(5-10(9)14)6-11(17)12(7-16)15-3-4-18-12/h1-2,5,7,15H,3-4,6H2. The summed E-state index contributed by atoms with van der Waals surface area (Å²) in [5.74, 6) is -1.04. The number of halogens is 2. The van der Waals surface area contributed by atoms with E-state index in [1.807, 2.05) is 0 Å². The maximum absolute atomic E-state index is 13.2. The van der Waals surface area contributed by atoms with Gasteiger partial charge < -0.3 is 4.74 Å². The smallest absolute Gasteiger partial charge is 0.236 e. The minimum atomic E-state index is -1.59. The Balaban J connectivity index is 2.15. The number of hydrogen-bond acceptors (Lipinski definition) is 4. The second-order valence-corrected chi connectivity index (χ2v) is 4.38. The fraction of sp³-hybridized carbons (Fsp3) is 0.333. The van der Waals surface area contributed by atoms with Gasteiger partial charge in [0.05, 0.1) is 11.6 Å². The normalized spacial score (nSPS) is 23.0. The highest BCUT2D eigenvalue weighted by molar-refractivity contribution is 6.30. The van der Waals surface area contributed by atoms with Gasteiger partial charge in [0.2, 0.25) is 5.72 Å². The molecule has 1 unspecified atom stereocenters. The van der Waals surface area contributed by atoms with Crippen molar-refractivity contribution in [3.8, 4) is 0 Å². The molecule has 1 aromatic rings. The number of aldehydes is 1. The number of carbonyl (C=O) groups is 2. The minimum absolute atomic E-state index is 0.00783. The first-order valence-corrected chi connectivity index (χ1v) is 5.78. The largest absolute Gasteiger partial charge is 0.346 e. The molecule has 6 heteroatoms. The number of nitrogens with one attached hydrogen (secondary N) is 1. The van der Waals surface area contributed by atoms with Crippen molar-refractivity contribution >= 4 is 23.7 Å². The molecule has 0 aliphatic carbocycles. The van der Waals surface area contributed by atoms with E-state index in [9.17, 15) is 14.0 Å². The lowest BCUT2D eigenvalue weighted by Crippen LogP contribution is -2.51. The van der Waals surface area contributed by atoms with E-state index in [2.05, 4.69) is 5.32 Å². The van der Waals surface area contributed by atoms with Crippen LogP contribution in [0.25, 0.3) is 0 Å². The molecule has 0 radical (unpaired) electrons. The Bertz CT molecular complexity index is 486. The summed E-state index contributed by atoms with van der Waals surface area (Å²) in [6.07, 6.45) is 0.342. The molecular weight excluding hydrogens is 261 g/mol. The second kappa shape index (κ2) is 5.14. The minimum Gasteiger partial charge on any atom is -0.346 e.